The Morgan fingerprint density at radius 3 is 2.23 bits per heavy atom. The summed E-state index contributed by atoms with van der Waals surface area (Å²) in [5.74, 6) is -0.213. The van der Waals surface area contributed by atoms with Gasteiger partial charge in [-0.15, -0.1) is 0 Å². The molecule has 0 unspecified atom stereocenters. The van der Waals surface area contributed by atoms with Crippen LogP contribution in [0, 0.1) is 5.82 Å². The molecule has 76 valence electrons. The molecule has 0 fully saturated rings. The molecule has 1 aromatic carbocycles. The van der Waals surface area contributed by atoms with E-state index in [4.69, 9.17) is 11.6 Å². The molecule has 1 aromatic rings. The number of halogens is 2. The molecule has 0 aromatic heterocycles. The van der Waals surface area contributed by atoms with Crippen molar-refractivity contribution >= 4 is 11.6 Å². The Morgan fingerprint density at radius 2 is 1.85 bits per heavy atom. The maximum absolute atomic E-state index is 12.8. The lowest BCUT2D eigenvalue weighted by molar-refractivity contribution is 0.612. The molecule has 0 heterocycles. The molecule has 1 rings (SSSR count). The van der Waals surface area contributed by atoms with Gasteiger partial charge in [-0.25, -0.2) is 4.39 Å². The van der Waals surface area contributed by atoms with Gasteiger partial charge in [-0.3, -0.25) is 0 Å². The van der Waals surface area contributed by atoms with Crippen LogP contribution in [0.2, 0.25) is 5.02 Å². The Bertz CT molecular complexity index is 234. The minimum atomic E-state index is -0.213. The first-order valence-corrected chi connectivity index (χ1v) is 4.55. The average Bonchev–Trinajstić information content (AvgIpc) is 2.08. The minimum absolute atomic E-state index is 0. The van der Waals surface area contributed by atoms with Gasteiger partial charge in [-0.1, -0.05) is 45.9 Å². The van der Waals surface area contributed by atoms with E-state index in [1.165, 1.54) is 6.07 Å². The van der Waals surface area contributed by atoms with Crippen LogP contribution in [0.1, 0.15) is 33.8 Å². The Balaban J connectivity index is 0. The van der Waals surface area contributed by atoms with Crippen molar-refractivity contribution in [3.8, 4) is 0 Å². The summed E-state index contributed by atoms with van der Waals surface area (Å²) in [6, 6.07) is 4.74. The molecule has 0 N–H and O–H groups in total. The van der Waals surface area contributed by atoms with E-state index in [-0.39, 0.29) is 13.2 Å². The Kier molecular flexibility index (Phi) is 9.26. The highest BCUT2D eigenvalue weighted by atomic mass is 35.5. The third-order valence-electron chi connectivity index (χ3n) is 1.40. The van der Waals surface area contributed by atoms with E-state index >= 15 is 0 Å². The number of hydrogen-bond acceptors (Lipinski definition) is 0. The van der Waals surface area contributed by atoms with Gasteiger partial charge in [0.15, 0.2) is 0 Å². The Hall–Kier alpha value is -0.560. The third kappa shape index (κ3) is 4.89. The molecule has 0 atom stereocenters. The first kappa shape index (κ1) is 14.9. The molecule has 0 aliphatic carbocycles. The van der Waals surface area contributed by atoms with Crippen molar-refractivity contribution < 1.29 is 4.39 Å². The van der Waals surface area contributed by atoms with Gasteiger partial charge in [-0.05, 0) is 24.1 Å². The van der Waals surface area contributed by atoms with Crippen LogP contribution >= 0.6 is 11.6 Å². The van der Waals surface area contributed by atoms with Gasteiger partial charge >= 0.3 is 0 Å². The van der Waals surface area contributed by atoms with Gasteiger partial charge in [0, 0.05) is 5.02 Å². The van der Waals surface area contributed by atoms with Crippen molar-refractivity contribution in [1.29, 1.82) is 0 Å². The van der Waals surface area contributed by atoms with Crippen LogP contribution < -0.4 is 0 Å². The Morgan fingerprint density at radius 1 is 1.31 bits per heavy atom. The van der Waals surface area contributed by atoms with Gasteiger partial charge in [0.25, 0.3) is 0 Å². The first-order chi connectivity index (χ1) is 5.74. The van der Waals surface area contributed by atoms with Gasteiger partial charge in [0.1, 0.15) is 5.82 Å². The van der Waals surface area contributed by atoms with Crippen molar-refractivity contribution in [2.75, 3.05) is 0 Å². The van der Waals surface area contributed by atoms with Crippen LogP contribution in [0.25, 0.3) is 0 Å². The lowest BCUT2D eigenvalue weighted by Gasteiger charge is -1.97. The fraction of sp³-hybridized carbons (Fsp3) is 0.455. The number of rotatable bonds is 1. The lowest BCUT2D eigenvalue weighted by Crippen LogP contribution is -1.85. The smallest absolute Gasteiger partial charge is 0.127 e. The van der Waals surface area contributed by atoms with E-state index < -0.39 is 0 Å². The average molecular weight is 205 g/mol. The van der Waals surface area contributed by atoms with Crippen LogP contribution in [0.3, 0.4) is 0 Å². The largest absolute Gasteiger partial charge is 0.207 e. The summed E-state index contributed by atoms with van der Waals surface area (Å²) in [4.78, 5) is 0. The van der Waals surface area contributed by atoms with Crippen LogP contribution in [0.15, 0.2) is 18.2 Å². The van der Waals surface area contributed by atoms with Gasteiger partial charge in [0.2, 0.25) is 0 Å². The van der Waals surface area contributed by atoms with E-state index in [2.05, 4.69) is 0 Å². The van der Waals surface area contributed by atoms with Crippen molar-refractivity contribution in [3.63, 3.8) is 0 Å². The summed E-state index contributed by atoms with van der Waals surface area (Å²) in [5.41, 5.74) is 0.712. The summed E-state index contributed by atoms with van der Waals surface area (Å²) in [7, 11) is 0. The molecule has 0 spiro atoms. The van der Waals surface area contributed by atoms with Crippen LogP contribution in [-0.2, 0) is 6.42 Å². The second-order valence-electron chi connectivity index (χ2n) is 2.09. The highest BCUT2D eigenvalue weighted by molar-refractivity contribution is 6.30. The van der Waals surface area contributed by atoms with E-state index in [9.17, 15) is 4.39 Å². The SMILES string of the molecule is C.CC.CCc1ccc(Cl)cc1F. The van der Waals surface area contributed by atoms with Crippen molar-refractivity contribution in [3.05, 3.63) is 34.6 Å². The van der Waals surface area contributed by atoms with Gasteiger partial charge in [0.05, 0.1) is 0 Å². The fourth-order valence-electron chi connectivity index (χ4n) is 0.808. The van der Waals surface area contributed by atoms with Gasteiger partial charge < -0.3 is 0 Å². The summed E-state index contributed by atoms with van der Waals surface area (Å²) in [6.45, 7) is 5.91. The monoisotopic (exact) mass is 204 g/mol. The zero-order chi connectivity index (χ0) is 9.56. The maximum atomic E-state index is 12.8. The zero-order valence-corrected chi connectivity index (χ0v) is 8.45. The van der Waals surface area contributed by atoms with E-state index in [1.54, 1.807) is 12.1 Å². The number of aryl methyl sites for hydroxylation is 1. The highest BCUT2D eigenvalue weighted by Crippen LogP contribution is 2.14. The predicted octanol–water partition coefficient (Wildman–Crippen LogP) is 4.70. The van der Waals surface area contributed by atoms with Crippen molar-refractivity contribution in [2.45, 2.75) is 34.6 Å². The molecule has 0 radical (unpaired) electrons. The van der Waals surface area contributed by atoms with Crippen molar-refractivity contribution in [1.82, 2.24) is 0 Å². The van der Waals surface area contributed by atoms with Crippen molar-refractivity contribution in [2.24, 2.45) is 0 Å². The molecular formula is C11H18ClF. The molecule has 0 bridgehead atoms. The molecule has 13 heavy (non-hydrogen) atoms. The Labute approximate surface area is 85.7 Å². The minimum Gasteiger partial charge on any atom is -0.207 e. The normalized spacial score (nSPS) is 8.08. The van der Waals surface area contributed by atoms with Crippen LogP contribution in [0.5, 0.6) is 0 Å². The summed E-state index contributed by atoms with van der Waals surface area (Å²) >= 11 is 5.53. The summed E-state index contributed by atoms with van der Waals surface area (Å²) < 4.78 is 12.8. The summed E-state index contributed by atoms with van der Waals surface area (Å²) in [5, 5.41) is 0.453. The fourth-order valence-corrected chi connectivity index (χ4v) is 0.967. The number of benzene rings is 1. The number of hydrogen-bond donors (Lipinski definition) is 0. The third-order valence-corrected chi connectivity index (χ3v) is 1.63. The van der Waals surface area contributed by atoms with Crippen LogP contribution in [-0.4, -0.2) is 0 Å². The van der Waals surface area contributed by atoms with E-state index in [0.29, 0.717) is 17.0 Å². The molecular weight excluding hydrogens is 187 g/mol. The van der Waals surface area contributed by atoms with Gasteiger partial charge in [-0.2, -0.15) is 0 Å². The maximum Gasteiger partial charge on any atom is 0.127 e. The molecule has 0 amide bonds. The molecule has 0 saturated carbocycles. The molecule has 0 nitrogen and oxygen atoms in total. The predicted molar refractivity (Wildman–Crippen MR) is 58.9 cm³/mol. The highest BCUT2D eigenvalue weighted by Gasteiger charge is 1.98. The standard InChI is InChI=1S/C8H8ClF.C2H6.CH4/c1-2-6-3-4-7(9)5-8(6)10;1-2;/h3-5H,2H2,1H3;1-2H3;1H4. The second-order valence-corrected chi connectivity index (χ2v) is 2.53. The molecule has 0 aliphatic heterocycles. The topological polar surface area (TPSA) is 0 Å². The quantitative estimate of drug-likeness (QED) is 0.622. The first-order valence-electron chi connectivity index (χ1n) is 4.18. The van der Waals surface area contributed by atoms with E-state index in [0.717, 1.165) is 0 Å². The second kappa shape index (κ2) is 8.06. The lowest BCUT2D eigenvalue weighted by atomic mass is 10.2. The molecule has 0 saturated heterocycles. The summed E-state index contributed by atoms with van der Waals surface area (Å²) in [6.07, 6.45) is 0.711. The van der Waals surface area contributed by atoms with Crippen LogP contribution in [0.4, 0.5) is 4.39 Å². The molecule has 2 heteroatoms. The zero-order valence-electron chi connectivity index (χ0n) is 7.70. The van der Waals surface area contributed by atoms with E-state index in [1.807, 2.05) is 20.8 Å². The molecule has 0 aliphatic rings.